The normalized spacial score (nSPS) is 22.6. The van der Waals surface area contributed by atoms with Crippen molar-refractivity contribution in [2.24, 2.45) is 0 Å². The van der Waals surface area contributed by atoms with Crippen LogP contribution in [0.3, 0.4) is 0 Å². The topological polar surface area (TPSA) is 41.1 Å². The van der Waals surface area contributed by atoms with Crippen LogP contribution in [0.2, 0.25) is 0 Å². The van der Waals surface area contributed by atoms with Crippen LogP contribution in [0.25, 0.3) is 0 Å². The molecule has 0 saturated heterocycles. The van der Waals surface area contributed by atoms with E-state index >= 15 is 0 Å². The van der Waals surface area contributed by atoms with E-state index < -0.39 is 0 Å². The summed E-state index contributed by atoms with van der Waals surface area (Å²) < 4.78 is 0.479. The van der Waals surface area contributed by atoms with Crippen molar-refractivity contribution in [3.63, 3.8) is 0 Å². The molecule has 2 saturated carbocycles. The minimum atomic E-state index is 0.210. The zero-order valence-electron chi connectivity index (χ0n) is 10.1. The molecule has 0 spiro atoms. The number of nitrogens with one attached hydrogen (secondary N) is 2. The average molecular weight is 242 g/mol. The van der Waals surface area contributed by atoms with Crippen LogP contribution in [0, 0.1) is 0 Å². The Labute approximate surface area is 102 Å². The molecular formula is C12H22N2OS. The first-order valence-electron chi connectivity index (χ1n) is 6.29. The fourth-order valence-electron chi connectivity index (χ4n) is 2.07. The summed E-state index contributed by atoms with van der Waals surface area (Å²) >= 11 is 1.98. The molecule has 0 heterocycles. The quantitative estimate of drug-likeness (QED) is 0.665. The molecular weight excluding hydrogens is 220 g/mol. The molecule has 0 aromatic rings. The Morgan fingerprint density at radius 1 is 1.44 bits per heavy atom. The van der Waals surface area contributed by atoms with Gasteiger partial charge in [-0.1, -0.05) is 6.42 Å². The number of rotatable bonds is 7. The molecule has 2 fully saturated rings. The van der Waals surface area contributed by atoms with Crippen LogP contribution in [-0.2, 0) is 4.79 Å². The van der Waals surface area contributed by atoms with Gasteiger partial charge in [0.1, 0.15) is 0 Å². The van der Waals surface area contributed by atoms with Gasteiger partial charge in [-0.25, -0.2) is 0 Å². The van der Waals surface area contributed by atoms with E-state index in [1.807, 2.05) is 11.8 Å². The van der Waals surface area contributed by atoms with Gasteiger partial charge in [-0.05, 0) is 31.9 Å². The van der Waals surface area contributed by atoms with Crippen molar-refractivity contribution >= 4 is 17.7 Å². The second-order valence-electron chi connectivity index (χ2n) is 5.01. The van der Waals surface area contributed by atoms with Crippen molar-refractivity contribution in [1.82, 2.24) is 10.6 Å². The van der Waals surface area contributed by atoms with Gasteiger partial charge in [0.15, 0.2) is 0 Å². The van der Waals surface area contributed by atoms with Crippen molar-refractivity contribution in [3.8, 4) is 0 Å². The highest BCUT2D eigenvalue weighted by Gasteiger charge is 2.35. The van der Waals surface area contributed by atoms with Crippen molar-refractivity contribution in [1.29, 1.82) is 0 Å². The van der Waals surface area contributed by atoms with Crippen LogP contribution in [0.15, 0.2) is 0 Å². The molecule has 0 aliphatic heterocycles. The van der Waals surface area contributed by atoms with Gasteiger partial charge in [-0.2, -0.15) is 11.8 Å². The molecule has 4 heteroatoms. The molecule has 0 radical (unpaired) electrons. The van der Waals surface area contributed by atoms with E-state index in [0.717, 1.165) is 13.1 Å². The molecule has 0 aromatic carbocycles. The second-order valence-corrected chi connectivity index (χ2v) is 6.28. The minimum Gasteiger partial charge on any atom is -0.353 e. The Kier molecular flexibility index (Phi) is 4.14. The third kappa shape index (κ3) is 3.39. The van der Waals surface area contributed by atoms with Crippen LogP contribution in [-0.4, -0.2) is 36.0 Å². The molecule has 2 aliphatic carbocycles. The highest BCUT2D eigenvalue weighted by molar-refractivity contribution is 8.00. The Bertz CT molecular complexity index is 244. The average Bonchev–Trinajstić information content (AvgIpc) is 2.99. The summed E-state index contributed by atoms with van der Waals surface area (Å²) in [7, 11) is 0. The van der Waals surface area contributed by atoms with E-state index in [1.165, 1.54) is 32.1 Å². The highest BCUT2D eigenvalue weighted by atomic mass is 32.2. The molecule has 0 atom stereocenters. The van der Waals surface area contributed by atoms with Crippen molar-refractivity contribution in [3.05, 3.63) is 0 Å². The van der Waals surface area contributed by atoms with E-state index in [1.54, 1.807) is 0 Å². The zero-order chi connectivity index (χ0) is 11.4. The second kappa shape index (κ2) is 5.41. The van der Waals surface area contributed by atoms with Gasteiger partial charge in [-0.15, -0.1) is 0 Å². The van der Waals surface area contributed by atoms with Gasteiger partial charge in [0, 0.05) is 30.3 Å². The fourth-order valence-corrected chi connectivity index (χ4v) is 3.01. The molecule has 0 aromatic heterocycles. The maximum Gasteiger partial charge on any atom is 0.221 e. The lowest BCUT2D eigenvalue weighted by Gasteiger charge is -2.40. The van der Waals surface area contributed by atoms with Gasteiger partial charge in [0.25, 0.3) is 0 Å². The molecule has 3 nitrogen and oxygen atoms in total. The van der Waals surface area contributed by atoms with Crippen molar-refractivity contribution < 1.29 is 4.79 Å². The number of carbonyl (C=O) groups is 1. The number of carbonyl (C=O) groups excluding carboxylic acids is 1. The SMILES string of the molecule is CSC1(CNCCC(=O)NC2CC2)CCC1. The number of hydrogen-bond acceptors (Lipinski definition) is 3. The highest BCUT2D eigenvalue weighted by Crippen LogP contribution is 2.42. The van der Waals surface area contributed by atoms with Crippen molar-refractivity contribution in [2.45, 2.75) is 49.3 Å². The first kappa shape index (κ1) is 12.2. The smallest absolute Gasteiger partial charge is 0.221 e. The molecule has 2 aliphatic rings. The number of thioether (sulfide) groups is 1. The van der Waals surface area contributed by atoms with E-state index in [2.05, 4.69) is 16.9 Å². The lowest BCUT2D eigenvalue weighted by atomic mass is 9.84. The summed E-state index contributed by atoms with van der Waals surface area (Å²) in [6.45, 7) is 1.88. The molecule has 1 amide bonds. The monoisotopic (exact) mass is 242 g/mol. The van der Waals surface area contributed by atoms with E-state index in [0.29, 0.717) is 17.2 Å². The van der Waals surface area contributed by atoms with E-state index in [9.17, 15) is 4.79 Å². The molecule has 0 bridgehead atoms. The lowest BCUT2D eigenvalue weighted by Crippen LogP contribution is -2.44. The largest absolute Gasteiger partial charge is 0.353 e. The third-order valence-electron chi connectivity index (χ3n) is 3.62. The molecule has 92 valence electrons. The molecule has 2 N–H and O–H groups in total. The third-order valence-corrected chi connectivity index (χ3v) is 5.03. The summed E-state index contributed by atoms with van der Waals surface area (Å²) in [5, 5.41) is 6.43. The van der Waals surface area contributed by atoms with Gasteiger partial charge >= 0.3 is 0 Å². The van der Waals surface area contributed by atoms with Crippen LogP contribution in [0.5, 0.6) is 0 Å². The van der Waals surface area contributed by atoms with E-state index in [-0.39, 0.29) is 5.91 Å². The maximum absolute atomic E-state index is 11.4. The minimum absolute atomic E-state index is 0.210. The number of hydrogen-bond donors (Lipinski definition) is 2. The summed E-state index contributed by atoms with van der Waals surface area (Å²) in [5.41, 5.74) is 0. The first-order valence-corrected chi connectivity index (χ1v) is 7.52. The Hall–Kier alpha value is -0.220. The van der Waals surface area contributed by atoms with Gasteiger partial charge in [0.05, 0.1) is 0 Å². The van der Waals surface area contributed by atoms with Crippen LogP contribution >= 0.6 is 11.8 Å². The molecule has 2 rings (SSSR count). The predicted octanol–water partition coefficient (Wildman–Crippen LogP) is 1.53. The van der Waals surface area contributed by atoms with Gasteiger partial charge in [-0.3, -0.25) is 4.79 Å². The van der Waals surface area contributed by atoms with Crippen LogP contribution < -0.4 is 10.6 Å². The standard InChI is InChI=1S/C12H22N2OS/c1-16-12(6-2-7-12)9-13-8-5-11(15)14-10-3-4-10/h10,13H,2-9H2,1H3,(H,14,15). The number of amides is 1. The van der Waals surface area contributed by atoms with Crippen molar-refractivity contribution in [2.75, 3.05) is 19.3 Å². The summed E-state index contributed by atoms with van der Waals surface area (Å²) in [5.74, 6) is 0.210. The van der Waals surface area contributed by atoms with Gasteiger partial charge in [0.2, 0.25) is 5.91 Å². The zero-order valence-corrected chi connectivity index (χ0v) is 10.9. The maximum atomic E-state index is 11.4. The predicted molar refractivity (Wildman–Crippen MR) is 68.7 cm³/mol. The molecule has 0 unspecified atom stereocenters. The summed E-state index contributed by atoms with van der Waals surface area (Å²) in [4.78, 5) is 11.4. The fraction of sp³-hybridized carbons (Fsp3) is 0.917. The van der Waals surface area contributed by atoms with Gasteiger partial charge < -0.3 is 10.6 Å². The first-order chi connectivity index (χ1) is 7.74. The lowest BCUT2D eigenvalue weighted by molar-refractivity contribution is -0.121. The van der Waals surface area contributed by atoms with Crippen LogP contribution in [0.1, 0.15) is 38.5 Å². The Morgan fingerprint density at radius 3 is 2.69 bits per heavy atom. The summed E-state index contributed by atoms with van der Waals surface area (Å²) in [6, 6.07) is 0.497. The van der Waals surface area contributed by atoms with E-state index in [4.69, 9.17) is 0 Å². The van der Waals surface area contributed by atoms with Crippen LogP contribution in [0.4, 0.5) is 0 Å². The molecule has 16 heavy (non-hydrogen) atoms. The summed E-state index contributed by atoms with van der Waals surface area (Å²) in [6.07, 6.45) is 9.20. The Morgan fingerprint density at radius 2 is 2.19 bits per heavy atom. The Balaban J connectivity index is 1.52.